The van der Waals surface area contributed by atoms with Gasteiger partial charge in [-0.2, -0.15) is 0 Å². The third-order valence-corrected chi connectivity index (χ3v) is 8.04. The highest BCUT2D eigenvalue weighted by molar-refractivity contribution is 6.12. The first kappa shape index (κ1) is 27.9. The second kappa shape index (κ2) is 11.3. The molecule has 0 bridgehead atoms. The maximum Gasteiger partial charge on any atom is 0.262 e. The van der Waals surface area contributed by atoms with Crippen molar-refractivity contribution in [2.24, 2.45) is 5.92 Å². The summed E-state index contributed by atoms with van der Waals surface area (Å²) >= 11 is 0. The molecule has 0 radical (unpaired) electrons. The Bertz CT molecular complexity index is 1300. The molecule has 1 amide bonds. The van der Waals surface area contributed by atoms with E-state index in [9.17, 15) is 4.79 Å². The molecule has 2 aliphatic rings. The van der Waals surface area contributed by atoms with Crippen molar-refractivity contribution in [1.82, 2.24) is 4.98 Å². The van der Waals surface area contributed by atoms with Gasteiger partial charge in [0.15, 0.2) is 0 Å². The number of rotatable bonds is 8. The normalized spacial score (nSPS) is 14.9. The Hall–Kier alpha value is -3.14. The molecule has 0 N–H and O–H groups in total. The van der Waals surface area contributed by atoms with Gasteiger partial charge in [0.1, 0.15) is 0 Å². The van der Waals surface area contributed by atoms with Gasteiger partial charge in [-0.25, -0.2) is 0 Å². The van der Waals surface area contributed by atoms with Crippen LogP contribution < -0.4 is 9.80 Å². The Morgan fingerprint density at radius 1 is 1.00 bits per heavy atom. The summed E-state index contributed by atoms with van der Waals surface area (Å²) < 4.78 is 0. The van der Waals surface area contributed by atoms with E-state index in [-0.39, 0.29) is 13.3 Å². The zero-order chi connectivity index (χ0) is 26.3. The SMILES string of the molecule is C.CCCN(CC1CC1)c1cc(-c2c(C)cccc2C)nc2c1C(=O)N(c1cc(C(C)C)ccc1C)CC2. The van der Waals surface area contributed by atoms with E-state index in [1.54, 1.807) is 0 Å². The minimum absolute atomic E-state index is 0. The highest BCUT2D eigenvalue weighted by atomic mass is 16.2. The maximum atomic E-state index is 14.3. The van der Waals surface area contributed by atoms with Crippen LogP contribution in [-0.2, 0) is 6.42 Å². The van der Waals surface area contributed by atoms with Gasteiger partial charge in [-0.3, -0.25) is 9.78 Å². The zero-order valence-electron chi connectivity index (χ0n) is 23.4. The zero-order valence-corrected chi connectivity index (χ0v) is 23.4. The molecule has 4 heteroatoms. The summed E-state index contributed by atoms with van der Waals surface area (Å²) in [5.74, 6) is 1.25. The van der Waals surface area contributed by atoms with Crippen molar-refractivity contribution in [3.63, 3.8) is 0 Å². The van der Waals surface area contributed by atoms with Crippen molar-refractivity contribution in [2.45, 2.75) is 80.6 Å². The fraction of sp³-hybridized carbons (Fsp3) is 0.471. The molecule has 2 heterocycles. The van der Waals surface area contributed by atoms with Gasteiger partial charge < -0.3 is 9.80 Å². The molecule has 1 fully saturated rings. The molecule has 4 nitrogen and oxygen atoms in total. The van der Waals surface area contributed by atoms with Crippen LogP contribution in [0.15, 0.2) is 42.5 Å². The lowest BCUT2D eigenvalue weighted by Gasteiger charge is -2.34. The Kier molecular flexibility index (Phi) is 8.30. The van der Waals surface area contributed by atoms with E-state index in [2.05, 4.69) is 88.9 Å². The van der Waals surface area contributed by atoms with Crippen molar-refractivity contribution in [3.05, 3.63) is 76.0 Å². The van der Waals surface area contributed by atoms with Gasteiger partial charge in [0, 0.05) is 37.3 Å². The van der Waals surface area contributed by atoms with Gasteiger partial charge in [-0.15, -0.1) is 0 Å². The second-order valence-corrected chi connectivity index (χ2v) is 11.4. The van der Waals surface area contributed by atoms with E-state index in [0.29, 0.717) is 12.5 Å². The first-order chi connectivity index (χ1) is 17.8. The van der Waals surface area contributed by atoms with Gasteiger partial charge >= 0.3 is 0 Å². The molecule has 0 spiro atoms. The van der Waals surface area contributed by atoms with Gasteiger partial charge in [0.2, 0.25) is 0 Å². The molecule has 2 aromatic carbocycles. The largest absolute Gasteiger partial charge is 0.371 e. The Labute approximate surface area is 230 Å². The number of pyridine rings is 1. The van der Waals surface area contributed by atoms with Gasteiger partial charge in [-0.1, -0.05) is 58.5 Å². The molecular weight excluding hydrogens is 466 g/mol. The Morgan fingerprint density at radius 2 is 1.71 bits per heavy atom. The number of aryl methyl sites for hydroxylation is 3. The number of carbonyl (C=O) groups is 1. The number of aromatic nitrogens is 1. The van der Waals surface area contributed by atoms with Gasteiger partial charge in [-0.05, 0) is 86.3 Å². The summed E-state index contributed by atoms with van der Waals surface area (Å²) in [6.07, 6.45) is 4.40. The smallest absolute Gasteiger partial charge is 0.262 e. The Morgan fingerprint density at radius 3 is 2.34 bits per heavy atom. The van der Waals surface area contributed by atoms with E-state index < -0.39 is 0 Å². The molecule has 5 rings (SSSR count). The van der Waals surface area contributed by atoms with Crippen molar-refractivity contribution in [2.75, 3.05) is 29.4 Å². The quantitative estimate of drug-likeness (QED) is 0.305. The first-order valence-electron chi connectivity index (χ1n) is 14.1. The molecule has 1 aliphatic carbocycles. The van der Waals surface area contributed by atoms with Crippen molar-refractivity contribution < 1.29 is 4.79 Å². The molecule has 0 unspecified atom stereocenters. The minimum Gasteiger partial charge on any atom is -0.371 e. The van der Waals surface area contributed by atoms with Gasteiger partial charge in [0.05, 0.1) is 22.6 Å². The van der Waals surface area contributed by atoms with Crippen LogP contribution in [0.2, 0.25) is 0 Å². The molecule has 1 aromatic heterocycles. The average molecular weight is 512 g/mol. The molecule has 1 aliphatic heterocycles. The third kappa shape index (κ3) is 5.36. The lowest BCUT2D eigenvalue weighted by atomic mass is 9.94. The molecule has 1 saturated carbocycles. The number of fused-ring (bicyclic) bond motifs is 1. The fourth-order valence-corrected chi connectivity index (χ4v) is 5.75. The summed E-state index contributed by atoms with van der Waals surface area (Å²) in [7, 11) is 0. The average Bonchev–Trinajstić information content (AvgIpc) is 3.68. The van der Waals surface area contributed by atoms with Crippen LogP contribution in [0.3, 0.4) is 0 Å². The number of carbonyl (C=O) groups excluding carboxylic acids is 1. The van der Waals surface area contributed by atoms with E-state index in [0.717, 1.165) is 65.7 Å². The number of benzene rings is 2. The highest BCUT2D eigenvalue weighted by Crippen LogP contribution is 2.39. The molecule has 3 aromatic rings. The van der Waals surface area contributed by atoms with Crippen LogP contribution in [0.1, 0.15) is 91.7 Å². The van der Waals surface area contributed by atoms with Gasteiger partial charge in [0.25, 0.3) is 5.91 Å². The summed E-state index contributed by atoms with van der Waals surface area (Å²) in [6, 6.07) is 15.2. The van der Waals surface area contributed by atoms with Crippen LogP contribution in [0.4, 0.5) is 11.4 Å². The number of amides is 1. The maximum absolute atomic E-state index is 14.3. The predicted octanol–water partition coefficient (Wildman–Crippen LogP) is 8.26. The number of nitrogens with zero attached hydrogens (tertiary/aromatic N) is 3. The van der Waals surface area contributed by atoms with Crippen molar-refractivity contribution >= 4 is 17.3 Å². The number of hydrogen-bond acceptors (Lipinski definition) is 3. The molecule has 38 heavy (non-hydrogen) atoms. The summed E-state index contributed by atoms with van der Waals surface area (Å²) in [5, 5.41) is 0. The Balaban J connectivity index is 0.00000336. The topological polar surface area (TPSA) is 36.4 Å². The standard InChI is InChI=1S/C33H41N3O.CH4/c1-7-16-35(20-25-12-13-25)30-19-28(31-23(5)9-8-10-24(31)6)34-27-15-17-36(33(37)32(27)30)29-18-26(21(2)3)14-11-22(29)4;/h8-11,14,18-19,21,25H,7,12-13,15-17,20H2,1-6H3;1H4. The van der Waals surface area contributed by atoms with Crippen LogP contribution in [0, 0.1) is 26.7 Å². The minimum atomic E-state index is 0. The van der Waals surface area contributed by atoms with E-state index >= 15 is 0 Å². The van der Waals surface area contributed by atoms with Crippen LogP contribution in [0.5, 0.6) is 0 Å². The lowest BCUT2D eigenvalue weighted by Crippen LogP contribution is -2.41. The fourth-order valence-electron chi connectivity index (χ4n) is 5.75. The van der Waals surface area contributed by atoms with E-state index in [4.69, 9.17) is 4.98 Å². The first-order valence-corrected chi connectivity index (χ1v) is 14.1. The highest BCUT2D eigenvalue weighted by Gasteiger charge is 2.34. The van der Waals surface area contributed by atoms with E-state index in [1.807, 2.05) is 4.90 Å². The number of anilines is 2. The second-order valence-electron chi connectivity index (χ2n) is 11.4. The molecule has 0 saturated heterocycles. The monoisotopic (exact) mass is 511 g/mol. The van der Waals surface area contributed by atoms with E-state index in [1.165, 1.54) is 35.1 Å². The number of hydrogen-bond donors (Lipinski definition) is 0. The summed E-state index contributed by atoms with van der Waals surface area (Å²) in [5.41, 5.74) is 10.9. The van der Waals surface area contributed by atoms with Crippen LogP contribution >= 0.6 is 0 Å². The molecule has 202 valence electrons. The van der Waals surface area contributed by atoms with Crippen LogP contribution in [-0.4, -0.2) is 30.5 Å². The summed E-state index contributed by atoms with van der Waals surface area (Å²) in [4.78, 5) is 24.0. The van der Waals surface area contributed by atoms with Crippen LogP contribution in [0.25, 0.3) is 11.3 Å². The van der Waals surface area contributed by atoms with Crippen molar-refractivity contribution in [1.29, 1.82) is 0 Å². The van der Waals surface area contributed by atoms with Crippen molar-refractivity contribution in [3.8, 4) is 11.3 Å². The predicted molar refractivity (Wildman–Crippen MR) is 162 cm³/mol. The molecule has 0 atom stereocenters. The molecular formula is C34H45N3O. The lowest BCUT2D eigenvalue weighted by molar-refractivity contribution is 0.0980. The summed E-state index contributed by atoms with van der Waals surface area (Å²) in [6.45, 7) is 15.7. The third-order valence-electron chi connectivity index (χ3n) is 8.04.